The van der Waals surface area contributed by atoms with Crippen molar-refractivity contribution in [2.75, 3.05) is 12.9 Å². The summed E-state index contributed by atoms with van der Waals surface area (Å²) in [5.74, 6) is 1.89. The van der Waals surface area contributed by atoms with Crippen molar-refractivity contribution in [3.8, 4) is 17.1 Å². The van der Waals surface area contributed by atoms with Crippen LogP contribution in [0.2, 0.25) is 0 Å². The molecule has 3 rings (SSSR count). The second-order valence-electron chi connectivity index (χ2n) is 7.03. The SMILES string of the molecule is CCCCn1c(SCC(=O)N[C@H](C)c2ccccc2)nnc1-c1ccc(OC)cc1. The van der Waals surface area contributed by atoms with Crippen LogP contribution in [0.1, 0.15) is 38.3 Å². The molecular weight excluding hydrogens is 396 g/mol. The minimum Gasteiger partial charge on any atom is -0.497 e. The molecule has 0 spiro atoms. The van der Waals surface area contributed by atoms with E-state index in [1.54, 1.807) is 7.11 Å². The van der Waals surface area contributed by atoms with Crippen molar-refractivity contribution in [3.05, 3.63) is 60.2 Å². The molecule has 3 aromatic rings. The summed E-state index contributed by atoms with van der Waals surface area (Å²) in [4.78, 5) is 12.5. The fourth-order valence-electron chi connectivity index (χ4n) is 3.11. The number of thioether (sulfide) groups is 1. The molecule has 0 aliphatic heterocycles. The zero-order valence-electron chi connectivity index (χ0n) is 17.7. The van der Waals surface area contributed by atoms with Gasteiger partial charge >= 0.3 is 0 Å². The van der Waals surface area contributed by atoms with E-state index in [-0.39, 0.29) is 11.9 Å². The van der Waals surface area contributed by atoms with Crippen molar-refractivity contribution in [3.63, 3.8) is 0 Å². The van der Waals surface area contributed by atoms with Crippen LogP contribution in [0.4, 0.5) is 0 Å². The number of hydrogen-bond donors (Lipinski definition) is 1. The molecule has 0 bridgehead atoms. The van der Waals surface area contributed by atoms with Gasteiger partial charge in [-0.15, -0.1) is 10.2 Å². The third kappa shape index (κ3) is 5.63. The molecule has 0 saturated carbocycles. The van der Waals surface area contributed by atoms with Gasteiger partial charge in [-0.05, 0) is 43.2 Å². The van der Waals surface area contributed by atoms with Crippen LogP contribution in [0.25, 0.3) is 11.4 Å². The van der Waals surface area contributed by atoms with Crippen LogP contribution in [0.15, 0.2) is 59.8 Å². The topological polar surface area (TPSA) is 69.0 Å². The normalized spacial score (nSPS) is 11.8. The minimum absolute atomic E-state index is 0.0209. The first-order valence-corrected chi connectivity index (χ1v) is 11.2. The third-order valence-electron chi connectivity index (χ3n) is 4.81. The molecule has 0 fully saturated rings. The van der Waals surface area contributed by atoms with Crippen molar-refractivity contribution in [1.29, 1.82) is 0 Å². The third-order valence-corrected chi connectivity index (χ3v) is 5.78. The second-order valence-corrected chi connectivity index (χ2v) is 7.97. The molecular formula is C23H28N4O2S. The lowest BCUT2D eigenvalue weighted by molar-refractivity contribution is -0.119. The van der Waals surface area contributed by atoms with Crippen LogP contribution in [0.5, 0.6) is 5.75 Å². The Bertz CT molecular complexity index is 942. The number of hydrogen-bond acceptors (Lipinski definition) is 5. The van der Waals surface area contributed by atoms with E-state index in [1.165, 1.54) is 11.8 Å². The Morgan fingerprint density at radius 1 is 1.13 bits per heavy atom. The zero-order chi connectivity index (χ0) is 21.3. The lowest BCUT2D eigenvalue weighted by atomic mass is 10.1. The largest absolute Gasteiger partial charge is 0.497 e. The van der Waals surface area contributed by atoms with E-state index in [0.717, 1.165) is 47.2 Å². The molecule has 0 unspecified atom stereocenters. The van der Waals surface area contributed by atoms with Crippen LogP contribution < -0.4 is 10.1 Å². The number of methoxy groups -OCH3 is 1. The molecule has 1 aromatic heterocycles. The van der Waals surface area contributed by atoms with Gasteiger partial charge in [-0.2, -0.15) is 0 Å². The number of ether oxygens (including phenoxy) is 1. The van der Waals surface area contributed by atoms with E-state index in [9.17, 15) is 4.79 Å². The van der Waals surface area contributed by atoms with Gasteiger partial charge in [0.25, 0.3) is 0 Å². The highest BCUT2D eigenvalue weighted by atomic mass is 32.2. The number of nitrogens with one attached hydrogen (secondary N) is 1. The summed E-state index contributed by atoms with van der Waals surface area (Å²) in [5, 5.41) is 12.6. The average Bonchev–Trinajstić information content (AvgIpc) is 3.19. The number of carbonyl (C=O) groups excluding carboxylic acids is 1. The molecule has 0 aliphatic carbocycles. The Kier molecular flexibility index (Phi) is 7.90. The Hall–Kier alpha value is -2.80. The Morgan fingerprint density at radius 3 is 2.53 bits per heavy atom. The highest BCUT2D eigenvalue weighted by Gasteiger charge is 2.16. The van der Waals surface area contributed by atoms with Gasteiger partial charge in [0.15, 0.2) is 11.0 Å². The first kappa shape index (κ1) is 21.9. The number of nitrogens with zero attached hydrogens (tertiary/aromatic N) is 3. The molecule has 0 radical (unpaired) electrons. The second kappa shape index (κ2) is 10.8. The van der Waals surface area contributed by atoms with Crippen molar-refractivity contribution in [2.24, 2.45) is 0 Å². The molecule has 158 valence electrons. The molecule has 2 aromatic carbocycles. The maximum Gasteiger partial charge on any atom is 0.230 e. The van der Waals surface area contributed by atoms with E-state index in [1.807, 2.05) is 61.5 Å². The molecule has 30 heavy (non-hydrogen) atoms. The van der Waals surface area contributed by atoms with Crippen LogP contribution in [-0.4, -0.2) is 33.5 Å². The molecule has 0 saturated heterocycles. The maximum atomic E-state index is 12.5. The van der Waals surface area contributed by atoms with Gasteiger partial charge in [-0.25, -0.2) is 0 Å². The first-order chi connectivity index (χ1) is 14.6. The van der Waals surface area contributed by atoms with Crippen molar-refractivity contribution >= 4 is 17.7 Å². The summed E-state index contributed by atoms with van der Waals surface area (Å²) in [6.07, 6.45) is 2.09. The van der Waals surface area contributed by atoms with Gasteiger partial charge in [0.1, 0.15) is 5.75 Å². The highest BCUT2D eigenvalue weighted by molar-refractivity contribution is 7.99. The molecule has 1 N–H and O–H groups in total. The summed E-state index contributed by atoms with van der Waals surface area (Å²) >= 11 is 1.42. The number of benzene rings is 2. The predicted octanol–water partition coefficient (Wildman–Crippen LogP) is 4.72. The quantitative estimate of drug-likeness (QED) is 0.477. The van der Waals surface area contributed by atoms with Crippen LogP contribution in [-0.2, 0) is 11.3 Å². The van der Waals surface area contributed by atoms with Crippen molar-refractivity contribution in [2.45, 2.75) is 44.4 Å². The van der Waals surface area contributed by atoms with E-state index in [0.29, 0.717) is 5.75 Å². The maximum absolute atomic E-state index is 12.5. The lowest BCUT2D eigenvalue weighted by Crippen LogP contribution is -2.28. The van der Waals surface area contributed by atoms with Gasteiger partial charge in [-0.3, -0.25) is 4.79 Å². The van der Waals surface area contributed by atoms with E-state index < -0.39 is 0 Å². The Labute approximate surface area is 182 Å². The fraction of sp³-hybridized carbons (Fsp3) is 0.348. The molecule has 1 amide bonds. The zero-order valence-corrected chi connectivity index (χ0v) is 18.5. The summed E-state index contributed by atoms with van der Waals surface area (Å²) in [6.45, 7) is 4.96. The van der Waals surface area contributed by atoms with Gasteiger partial charge in [0, 0.05) is 12.1 Å². The average molecular weight is 425 g/mol. The molecule has 1 atom stereocenters. The lowest BCUT2D eigenvalue weighted by Gasteiger charge is -2.14. The smallest absolute Gasteiger partial charge is 0.230 e. The first-order valence-electron chi connectivity index (χ1n) is 10.2. The number of rotatable bonds is 10. The molecule has 0 aliphatic rings. The number of amides is 1. The van der Waals surface area contributed by atoms with Gasteiger partial charge < -0.3 is 14.6 Å². The predicted molar refractivity (Wildman–Crippen MR) is 121 cm³/mol. The van der Waals surface area contributed by atoms with E-state index in [2.05, 4.69) is 27.0 Å². The van der Waals surface area contributed by atoms with Gasteiger partial charge in [-0.1, -0.05) is 55.4 Å². The standard InChI is InChI=1S/C23H28N4O2S/c1-4-5-15-27-22(19-11-13-20(29-3)14-12-19)25-26-23(27)30-16-21(28)24-17(2)18-9-7-6-8-10-18/h6-14,17H,4-5,15-16H2,1-3H3,(H,24,28)/t17-/m1/s1. The summed E-state index contributed by atoms with van der Waals surface area (Å²) < 4.78 is 7.34. The van der Waals surface area contributed by atoms with Gasteiger partial charge in [0.05, 0.1) is 18.9 Å². The molecule has 7 heteroatoms. The van der Waals surface area contributed by atoms with Gasteiger partial charge in [0.2, 0.25) is 5.91 Å². The van der Waals surface area contributed by atoms with E-state index in [4.69, 9.17) is 4.74 Å². The molecule has 6 nitrogen and oxygen atoms in total. The van der Waals surface area contributed by atoms with Crippen LogP contribution >= 0.6 is 11.8 Å². The Morgan fingerprint density at radius 2 is 1.87 bits per heavy atom. The summed E-state index contributed by atoms with van der Waals surface area (Å²) in [5.41, 5.74) is 2.07. The number of carbonyl (C=O) groups is 1. The highest BCUT2D eigenvalue weighted by Crippen LogP contribution is 2.26. The van der Waals surface area contributed by atoms with Crippen molar-refractivity contribution in [1.82, 2.24) is 20.1 Å². The van der Waals surface area contributed by atoms with Crippen LogP contribution in [0.3, 0.4) is 0 Å². The minimum atomic E-state index is -0.0351. The summed E-state index contributed by atoms with van der Waals surface area (Å²) in [7, 11) is 1.65. The number of aromatic nitrogens is 3. The molecule has 1 heterocycles. The van der Waals surface area contributed by atoms with Crippen molar-refractivity contribution < 1.29 is 9.53 Å². The fourth-order valence-corrected chi connectivity index (χ4v) is 3.88. The summed E-state index contributed by atoms with van der Waals surface area (Å²) in [6, 6.07) is 17.7. The van der Waals surface area contributed by atoms with E-state index >= 15 is 0 Å². The number of unbranched alkanes of at least 4 members (excludes halogenated alkanes) is 1. The van der Waals surface area contributed by atoms with Crippen LogP contribution in [0, 0.1) is 0 Å². The Balaban J connectivity index is 1.68. The monoisotopic (exact) mass is 424 g/mol.